The number of carbonyl (C=O) groups is 2. The first kappa shape index (κ1) is 13.9. The van der Waals surface area contributed by atoms with Crippen LogP contribution >= 0.6 is 11.8 Å². The first-order chi connectivity index (χ1) is 9.10. The zero-order valence-corrected chi connectivity index (χ0v) is 11.9. The fraction of sp³-hybridized carbons (Fsp3) is 0.333. The highest BCUT2D eigenvalue weighted by Gasteiger charge is 2.27. The molecule has 100 valence electrons. The lowest BCUT2D eigenvalue weighted by Crippen LogP contribution is -2.25. The van der Waals surface area contributed by atoms with Crippen molar-refractivity contribution < 1.29 is 9.59 Å². The molecule has 0 bridgehead atoms. The van der Waals surface area contributed by atoms with E-state index in [2.05, 4.69) is 5.32 Å². The number of nitrogens with one attached hydrogen (secondary N) is 1. The second kappa shape index (κ2) is 6.06. The van der Waals surface area contributed by atoms with Crippen LogP contribution in [0.1, 0.15) is 19.8 Å². The summed E-state index contributed by atoms with van der Waals surface area (Å²) in [5.41, 5.74) is 1.18. The van der Waals surface area contributed by atoms with E-state index in [4.69, 9.17) is 0 Å². The van der Waals surface area contributed by atoms with Gasteiger partial charge in [0.2, 0.25) is 0 Å². The molecule has 19 heavy (non-hydrogen) atoms. The van der Waals surface area contributed by atoms with Crippen LogP contribution < -0.4 is 5.32 Å². The van der Waals surface area contributed by atoms with Gasteiger partial charge in [-0.1, -0.05) is 6.92 Å². The zero-order chi connectivity index (χ0) is 13.8. The second-order valence-electron chi connectivity index (χ2n) is 4.79. The molecule has 0 amide bonds. The van der Waals surface area contributed by atoms with E-state index in [0.717, 1.165) is 5.69 Å². The maximum Gasteiger partial charge on any atom is 0.168 e. The van der Waals surface area contributed by atoms with Gasteiger partial charge < -0.3 is 5.32 Å². The Labute approximate surface area is 117 Å². The van der Waals surface area contributed by atoms with Gasteiger partial charge in [-0.3, -0.25) is 9.59 Å². The topological polar surface area (TPSA) is 46.2 Å². The maximum atomic E-state index is 11.8. The van der Waals surface area contributed by atoms with Gasteiger partial charge in [0.1, 0.15) is 0 Å². The molecule has 1 aliphatic rings. The van der Waals surface area contributed by atoms with Crippen molar-refractivity contribution in [3.63, 3.8) is 0 Å². The average molecular weight is 275 g/mol. The van der Waals surface area contributed by atoms with Crippen molar-refractivity contribution in [2.75, 3.05) is 11.6 Å². The highest BCUT2D eigenvalue weighted by Crippen LogP contribution is 2.23. The molecule has 4 heteroatoms. The van der Waals surface area contributed by atoms with Gasteiger partial charge in [-0.25, -0.2) is 0 Å². The summed E-state index contributed by atoms with van der Waals surface area (Å²) in [6, 6.07) is 7.86. The highest BCUT2D eigenvalue weighted by atomic mass is 32.2. The van der Waals surface area contributed by atoms with Gasteiger partial charge in [0.25, 0.3) is 0 Å². The lowest BCUT2D eigenvalue weighted by molar-refractivity contribution is -0.125. The van der Waals surface area contributed by atoms with Gasteiger partial charge in [-0.05, 0) is 36.4 Å². The smallest absolute Gasteiger partial charge is 0.168 e. The van der Waals surface area contributed by atoms with E-state index in [1.165, 1.54) is 4.90 Å². The summed E-state index contributed by atoms with van der Waals surface area (Å²) in [7, 11) is 0. The molecule has 0 atom stereocenters. The lowest BCUT2D eigenvalue weighted by atomic mass is 9.85. The van der Waals surface area contributed by atoms with Crippen molar-refractivity contribution in [3.05, 3.63) is 36.0 Å². The predicted molar refractivity (Wildman–Crippen MR) is 78.3 cm³/mol. The van der Waals surface area contributed by atoms with Crippen molar-refractivity contribution in [2.45, 2.75) is 24.7 Å². The summed E-state index contributed by atoms with van der Waals surface area (Å²) in [5.74, 6) is 0.0481. The second-order valence-corrected chi connectivity index (χ2v) is 5.67. The average Bonchev–Trinajstić information content (AvgIpc) is 2.38. The van der Waals surface area contributed by atoms with Crippen LogP contribution in [-0.2, 0) is 9.59 Å². The molecule has 1 aromatic rings. The summed E-state index contributed by atoms with van der Waals surface area (Å²) in [5, 5.41) is 3.03. The Kier molecular flexibility index (Phi) is 4.43. The number of benzene rings is 1. The number of thioether (sulfide) groups is 1. The van der Waals surface area contributed by atoms with Gasteiger partial charge in [0.05, 0.1) is 5.57 Å². The Hall–Kier alpha value is -1.55. The molecule has 0 unspecified atom stereocenters. The van der Waals surface area contributed by atoms with Gasteiger partial charge in [0, 0.05) is 29.6 Å². The van der Waals surface area contributed by atoms with Gasteiger partial charge in [-0.15, -0.1) is 11.8 Å². The molecule has 0 aromatic heterocycles. The number of rotatable bonds is 3. The summed E-state index contributed by atoms with van der Waals surface area (Å²) in [6.07, 6.45) is 4.49. The monoisotopic (exact) mass is 275 g/mol. The molecule has 0 radical (unpaired) electrons. The van der Waals surface area contributed by atoms with Crippen LogP contribution in [0.25, 0.3) is 0 Å². The largest absolute Gasteiger partial charge is 0.361 e. The number of ketones is 2. The van der Waals surface area contributed by atoms with Crippen molar-refractivity contribution >= 4 is 29.0 Å². The summed E-state index contributed by atoms with van der Waals surface area (Å²) < 4.78 is 0. The normalized spacial score (nSPS) is 19.5. The Morgan fingerprint density at radius 1 is 1.16 bits per heavy atom. The predicted octanol–water partition coefficient (Wildman–Crippen LogP) is 3.27. The maximum absolute atomic E-state index is 11.8. The molecule has 0 saturated heterocycles. The SMILES string of the molecule is CSc1ccc(NC=C2C(=O)CC(C)CC2=O)cc1. The van der Waals surface area contributed by atoms with Crippen molar-refractivity contribution in [1.29, 1.82) is 0 Å². The standard InChI is InChI=1S/C15H17NO2S/c1-10-7-14(17)13(15(18)8-10)9-16-11-3-5-12(19-2)6-4-11/h3-6,9-10,16H,7-8H2,1-2H3. The quantitative estimate of drug-likeness (QED) is 0.522. The zero-order valence-electron chi connectivity index (χ0n) is 11.1. The van der Waals surface area contributed by atoms with E-state index in [1.54, 1.807) is 18.0 Å². The fourth-order valence-corrected chi connectivity index (χ4v) is 2.49. The molecule has 1 aliphatic carbocycles. The Balaban J connectivity index is 2.08. The molecule has 1 saturated carbocycles. The van der Waals surface area contributed by atoms with Crippen molar-refractivity contribution in [3.8, 4) is 0 Å². The van der Waals surface area contributed by atoms with Crippen molar-refractivity contribution in [1.82, 2.24) is 0 Å². The lowest BCUT2D eigenvalue weighted by Gasteiger charge is -2.17. The molecule has 3 nitrogen and oxygen atoms in total. The number of carbonyl (C=O) groups excluding carboxylic acids is 2. The molecule has 1 aromatic carbocycles. The summed E-state index contributed by atoms with van der Waals surface area (Å²) in [4.78, 5) is 24.8. The highest BCUT2D eigenvalue weighted by molar-refractivity contribution is 7.98. The molecule has 0 aliphatic heterocycles. The minimum absolute atomic E-state index is 0.0583. The summed E-state index contributed by atoms with van der Waals surface area (Å²) >= 11 is 1.67. The van der Waals surface area contributed by atoms with Crippen LogP contribution in [0.2, 0.25) is 0 Å². The molecule has 1 N–H and O–H groups in total. The van der Waals surface area contributed by atoms with E-state index in [-0.39, 0.29) is 17.5 Å². The summed E-state index contributed by atoms with van der Waals surface area (Å²) in [6.45, 7) is 1.93. The third-order valence-corrected chi connectivity index (χ3v) is 3.89. The van der Waals surface area contributed by atoms with Crippen LogP contribution in [0, 0.1) is 5.92 Å². The molecule has 2 rings (SSSR count). The van der Waals surface area contributed by atoms with E-state index in [1.807, 2.05) is 37.4 Å². The molecular formula is C15H17NO2S. The van der Waals surface area contributed by atoms with Crippen LogP contribution in [0.15, 0.2) is 40.9 Å². The number of Topliss-reactive ketones (excluding diaryl/α,β-unsaturated/α-hetero) is 2. The number of allylic oxidation sites excluding steroid dienone is 1. The van der Waals surface area contributed by atoms with E-state index in [9.17, 15) is 9.59 Å². The molecule has 1 fully saturated rings. The number of anilines is 1. The first-order valence-corrected chi connectivity index (χ1v) is 7.50. The minimum atomic E-state index is -0.0583. The third kappa shape index (κ3) is 3.47. The fourth-order valence-electron chi connectivity index (χ4n) is 2.08. The van der Waals surface area contributed by atoms with E-state index >= 15 is 0 Å². The third-order valence-electron chi connectivity index (χ3n) is 3.14. The van der Waals surface area contributed by atoms with Gasteiger partial charge in [0.15, 0.2) is 11.6 Å². The first-order valence-electron chi connectivity index (χ1n) is 6.27. The molecular weight excluding hydrogens is 258 g/mol. The van der Waals surface area contributed by atoms with Crippen molar-refractivity contribution in [2.24, 2.45) is 5.92 Å². The minimum Gasteiger partial charge on any atom is -0.361 e. The van der Waals surface area contributed by atoms with Crippen LogP contribution in [0.4, 0.5) is 5.69 Å². The molecule has 0 heterocycles. The van der Waals surface area contributed by atoms with Crippen LogP contribution in [0.5, 0.6) is 0 Å². The Bertz CT molecular complexity index is 499. The van der Waals surface area contributed by atoms with Gasteiger partial charge in [-0.2, -0.15) is 0 Å². The van der Waals surface area contributed by atoms with Gasteiger partial charge >= 0.3 is 0 Å². The van der Waals surface area contributed by atoms with Crippen LogP contribution in [0.3, 0.4) is 0 Å². The number of hydrogen-bond donors (Lipinski definition) is 1. The Morgan fingerprint density at radius 2 is 1.74 bits per heavy atom. The molecule has 0 spiro atoms. The number of hydrogen-bond acceptors (Lipinski definition) is 4. The van der Waals surface area contributed by atoms with E-state index in [0.29, 0.717) is 18.4 Å². The van der Waals surface area contributed by atoms with E-state index < -0.39 is 0 Å². The Morgan fingerprint density at radius 3 is 2.26 bits per heavy atom. The van der Waals surface area contributed by atoms with Crippen LogP contribution in [-0.4, -0.2) is 17.8 Å².